The van der Waals surface area contributed by atoms with Crippen LogP contribution in [0.25, 0.3) is 10.6 Å². The van der Waals surface area contributed by atoms with Gasteiger partial charge in [-0.25, -0.2) is 10.4 Å². The highest BCUT2D eigenvalue weighted by Crippen LogP contribution is 2.27. The zero-order valence-electron chi connectivity index (χ0n) is 13.6. The summed E-state index contributed by atoms with van der Waals surface area (Å²) in [4.78, 5) is 16.8. The van der Waals surface area contributed by atoms with Crippen molar-refractivity contribution in [2.45, 2.75) is 0 Å². The summed E-state index contributed by atoms with van der Waals surface area (Å²) < 4.78 is 4.97. The summed E-state index contributed by atoms with van der Waals surface area (Å²) in [6.45, 7) is 0. The lowest BCUT2D eigenvalue weighted by Gasteiger charge is -2.03. The summed E-state index contributed by atoms with van der Waals surface area (Å²) in [5, 5.41) is 15.0. The molecule has 6 nitrogen and oxygen atoms in total. The van der Waals surface area contributed by atoms with E-state index in [1.54, 1.807) is 24.3 Å². The molecule has 0 bridgehead atoms. The average Bonchev–Trinajstić information content (AvgIpc) is 3.12. The van der Waals surface area contributed by atoms with E-state index in [0.29, 0.717) is 21.2 Å². The maximum atomic E-state index is 12.2. The lowest BCUT2D eigenvalue weighted by atomic mass is 10.2. The highest BCUT2D eigenvalue weighted by atomic mass is 35.5. The minimum absolute atomic E-state index is 0.00200. The van der Waals surface area contributed by atoms with Crippen LogP contribution in [0.2, 0.25) is 5.02 Å². The largest absolute Gasteiger partial charge is 0.504 e. The predicted octanol–water partition coefficient (Wildman–Crippen LogP) is 3.94. The highest BCUT2D eigenvalue weighted by Gasteiger charge is 2.11. The van der Waals surface area contributed by atoms with E-state index >= 15 is 0 Å². The number of methoxy groups -OCH3 is 1. The van der Waals surface area contributed by atoms with Crippen molar-refractivity contribution in [3.8, 4) is 22.1 Å². The van der Waals surface area contributed by atoms with Gasteiger partial charge in [0.25, 0.3) is 5.91 Å². The van der Waals surface area contributed by atoms with Gasteiger partial charge in [-0.2, -0.15) is 5.10 Å². The molecule has 0 saturated heterocycles. The van der Waals surface area contributed by atoms with Crippen LogP contribution in [0.3, 0.4) is 0 Å². The third kappa shape index (κ3) is 4.19. The SMILES string of the molecule is COc1ccc(/C=N\NC(=O)c2cnc(-c3ccc(Cl)cc3)s2)cc1O. The first-order valence-electron chi connectivity index (χ1n) is 7.49. The van der Waals surface area contributed by atoms with Gasteiger partial charge in [0, 0.05) is 10.6 Å². The number of halogens is 1. The zero-order chi connectivity index (χ0) is 18.5. The Morgan fingerprint density at radius 2 is 2.08 bits per heavy atom. The molecule has 0 aliphatic rings. The van der Waals surface area contributed by atoms with Gasteiger partial charge in [-0.1, -0.05) is 23.7 Å². The molecule has 8 heteroatoms. The number of hydrazone groups is 1. The van der Waals surface area contributed by atoms with Crippen LogP contribution in [0.5, 0.6) is 11.5 Å². The number of thiazole rings is 1. The maximum Gasteiger partial charge on any atom is 0.283 e. The van der Waals surface area contributed by atoms with E-state index in [4.69, 9.17) is 16.3 Å². The van der Waals surface area contributed by atoms with Gasteiger partial charge < -0.3 is 9.84 Å². The summed E-state index contributed by atoms with van der Waals surface area (Å²) in [6.07, 6.45) is 2.93. The Morgan fingerprint density at radius 3 is 2.77 bits per heavy atom. The van der Waals surface area contributed by atoms with Crippen LogP contribution in [-0.2, 0) is 0 Å². The molecule has 0 radical (unpaired) electrons. The van der Waals surface area contributed by atoms with Gasteiger partial charge >= 0.3 is 0 Å². The van der Waals surface area contributed by atoms with Crippen LogP contribution < -0.4 is 10.2 Å². The smallest absolute Gasteiger partial charge is 0.283 e. The number of carbonyl (C=O) groups is 1. The molecule has 1 heterocycles. The minimum Gasteiger partial charge on any atom is -0.504 e. The molecule has 0 spiro atoms. The van der Waals surface area contributed by atoms with E-state index in [2.05, 4.69) is 15.5 Å². The van der Waals surface area contributed by atoms with E-state index < -0.39 is 0 Å². The van der Waals surface area contributed by atoms with Gasteiger partial charge in [0.05, 0.1) is 19.5 Å². The number of nitrogens with one attached hydrogen (secondary N) is 1. The summed E-state index contributed by atoms with van der Waals surface area (Å²) in [5.41, 5.74) is 3.94. The first kappa shape index (κ1) is 17.9. The maximum absolute atomic E-state index is 12.2. The van der Waals surface area contributed by atoms with Gasteiger partial charge in [0.2, 0.25) is 0 Å². The monoisotopic (exact) mass is 387 g/mol. The highest BCUT2D eigenvalue weighted by molar-refractivity contribution is 7.16. The Labute approximate surface area is 158 Å². The number of hydrogen-bond acceptors (Lipinski definition) is 6. The van der Waals surface area contributed by atoms with Crippen molar-refractivity contribution in [1.82, 2.24) is 10.4 Å². The van der Waals surface area contributed by atoms with Crippen molar-refractivity contribution in [2.75, 3.05) is 7.11 Å². The van der Waals surface area contributed by atoms with Gasteiger partial charge in [-0.15, -0.1) is 11.3 Å². The summed E-state index contributed by atoms with van der Waals surface area (Å²) in [5.74, 6) is 0.000103. The molecule has 0 aliphatic heterocycles. The standard InChI is InChI=1S/C18H14ClN3O3S/c1-25-15-7-2-11(8-14(15)23)9-21-22-17(24)16-10-20-18(26-16)12-3-5-13(19)6-4-12/h2-10,23H,1H3,(H,22,24)/b21-9-. The number of hydrogen-bond donors (Lipinski definition) is 2. The lowest BCUT2D eigenvalue weighted by Crippen LogP contribution is -2.16. The molecule has 0 fully saturated rings. The van der Waals surface area contributed by atoms with E-state index in [1.807, 2.05) is 12.1 Å². The van der Waals surface area contributed by atoms with Crippen molar-refractivity contribution in [3.05, 3.63) is 64.1 Å². The fraction of sp³-hybridized carbons (Fsp3) is 0.0556. The van der Waals surface area contributed by atoms with E-state index in [0.717, 1.165) is 10.6 Å². The zero-order valence-corrected chi connectivity index (χ0v) is 15.2. The second-order valence-corrected chi connectivity index (χ2v) is 6.63. The summed E-state index contributed by atoms with van der Waals surface area (Å²) in [7, 11) is 1.47. The lowest BCUT2D eigenvalue weighted by molar-refractivity contribution is 0.0959. The second kappa shape index (κ2) is 7.99. The molecule has 0 unspecified atom stereocenters. The summed E-state index contributed by atoms with van der Waals surface area (Å²) in [6, 6.07) is 12.0. The molecule has 3 rings (SSSR count). The fourth-order valence-electron chi connectivity index (χ4n) is 2.11. The van der Waals surface area contributed by atoms with Gasteiger partial charge in [0.1, 0.15) is 9.88 Å². The molecular formula is C18H14ClN3O3S. The predicted molar refractivity (Wildman–Crippen MR) is 102 cm³/mol. The molecular weight excluding hydrogens is 374 g/mol. The summed E-state index contributed by atoms with van der Waals surface area (Å²) >= 11 is 7.13. The molecule has 1 amide bonds. The van der Waals surface area contributed by atoms with Crippen molar-refractivity contribution < 1.29 is 14.6 Å². The van der Waals surface area contributed by atoms with Crippen molar-refractivity contribution in [1.29, 1.82) is 0 Å². The number of aromatic hydroxyl groups is 1. The number of rotatable bonds is 5. The molecule has 0 aliphatic carbocycles. The van der Waals surface area contributed by atoms with Crippen LogP contribution in [0.4, 0.5) is 0 Å². The molecule has 2 aromatic carbocycles. The first-order valence-corrected chi connectivity index (χ1v) is 8.68. The molecule has 1 aromatic heterocycles. The number of benzene rings is 2. The molecule has 26 heavy (non-hydrogen) atoms. The molecule has 0 saturated carbocycles. The molecule has 2 N–H and O–H groups in total. The normalized spacial score (nSPS) is 10.8. The van der Waals surface area contributed by atoms with Crippen LogP contribution in [0.1, 0.15) is 15.2 Å². The van der Waals surface area contributed by atoms with Crippen LogP contribution in [0, 0.1) is 0 Å². The minimum atomic E-state index is -0.364. The fourth-order valence-corrected chi connectivity index (χ4v) is 3.05. The van der Waals surface area contributed by atoms with Crippen molar-refractivity contribution in [2.24, 2.45) is 5.10 Å². The van der Waals surface area contributed by atoms with Crippen molar-refractivity contribution >= 4 is 35.1 Å². The number of phenols is 1. The third-order valence-corrected chi connectivity index (χ3v) is 4.70. The Hall–Kier alpha value is -2.90. The first-order chi connectivity index (χ1) is 12.6. The number of nitrogens with zero attached hydrogens (tertiary/aromatic N) is 2. The Balaban J connectivity index is 1.65. The molecule has 3 aromatic rings. The second-order valence-electron chi connectivity index (χ2n) is 5.17. The van der Waals surface area contributed by atoms with Crippen LogP contribution in [0.15, 0.2) is 53.8 Å². The van der Waals surface area contributed by atoms with Gasteiger partial charge in [-0.3, -0.25) is 4.79 Å². The number of carbonyl (C=O) groups excluding carboxylic acids is 1. The van der Waals surface area contributed by atoms with Gasteiger partial charge in [-0.05, 0) is 35.9 Å². The molecule has 132 valence electrons. The molecule has 0 atom stereocenters. The van der Waals surface area contributed by atoms with Crippen LogP contribution in [-0.4, -0.2) is 29.3 Å². The number of phenolic OH excluding ortho intramolecular Hbond substituents is 1. The third-order valence-electron chi connectivity index (χ3n) is 3.40. The van der Waals surface area contributed by atoms with Crippen molar-refractivity contribution in [3.63, 3.8) is 0 Å². The number of amides is 1. The van der Waals surface area contributed by atoms with E-state index in [1.165, 1.54) is 36.9 Å². The van der Waals surface area contributed by atoms with Gasteiger partial charge in [0.15, 0.2) is 11.5 Å². The Morgan fingerprint density at radius 1 is 1.31 bits per heavy atom. The quantitative estimate of drug-likeness (QED) is 0.513. The van der Waals surface area contributed by atoms with E-state index in [-0.39, 0.29) is 11.7 Å². The Kier molecular flexibility index (Phi) is 5.50. The number of aromatic nitrogens is 1. The topological polar surface area (TPSA) is 83.8 Å². The van der Waals surface area contributed by atoms with E-state index in [9.17, 15) is 9.90 Å². The number of ether oxygens (including phenoxy) is 1. The average molecular weight is 388 g/mol. The van der Waals surface area contributed by atoms with Crippen LogP contribution >= 0.6 is 22.9 Å². The Bertz CT molecular complexity index is 955.